The molecule has 154 valence electrons. The first kappa shape index (κ1) is 22.3. The summed E-state index contributed by atoms with van der Waals surface area (Å²) in [7, 11) is 0. The number of carbonyl (C=O) groups is 3. The summed E-state index contributed by atoms with van der Waals surface area (Å²) < 4.78 is 4.32. The Bertz CT molecular complexity index is 1150. The van der Waals surface area contributed by atoms with E-state index in [1.165, 1.54) is 0 Å². The monoisotopic (exact) mass is 530 g/mol. The second-order valence-electron chi connectivity index (χ2n) is 7.62. The number of imidazole rings is 1. The van der Waals surface area contributed by atoms with Crippen molar-refractivity contribution in [3.63, 3.8) is 0 Å². The molecule has 4 rings (SSSR count). The van der Waals surface area contributed by atoms with Gasteiger partial charge in [0.15, 0.2) is 6.54 Å². The minimum absolute atomic E-state index is 0. The molecule has 30 heavy (non-hydrogen) atoms. The number of benzene rings is 2. The van der Waals surface area contributed by atoms with Crippen LogP contribution in [0.25, 0.3) is 0 Å². The molecule has 1 aliphatic rings. The normalized spacial score (nSPS) is 12.4. The van der Waals surface area contributed by atoms with E-state index in [4.69, 9.17) is 0 Å². The van der Waals surface area contributed by atoms with E-state index < -0.39 is 0 Å². The summed E-state index contributed by atoms with van der Waals surface area (Å²) in [5.74, 6) is -0.236. The summed E-state index contributed by atoms with van der Waals surface area (Å²) in [4.78, 5) is 39.3. The number of Topliss-reactive ketones (excluding diaryl/α,β-unsaturated/α-hetero) is 1. The molecular formula is C23H20Br2N2O3. The van der Waals surface area contributed by atoms with Crippen LogP contribution in [-0.4, -0.2) is 21.9 Å². The van der Waals surface area contributed by atoms with Crippen LogP contribution in [0.15, 0.2) is 59.3 Å². The summed E-state index contributed by atoms with van der Waals surface area (Å²) in [6, 6.07) is 14.0. The maximum atomic E-state index is 13.2. The molecule has 3 aromatic rings. The molecule has 0 spiro atoms. The molecule has 0 unspecified atom stereocenters. The van der Waals surface area contributed by atoms with Crippen molar-refractivity contribution in [3.05, 3.63) is 87.4 Å². The van der Waals surface area contributed by atoms with Gasteiger partial charge in [0, 0.05) is 21.2 Å². The predicted molar refractivity (Wildman–Crippen MR) is 111 cm³/mol. The summed E-state index contributed by atoms with van der Waals surface area (Å²) in [5.41, 5.74) is 2.02. The number of hydrogen-bond acceptors (Lipinski definition) is 3. The molecule has 0 fully saturated rings. The third-order valence-corrected chi connectivity index (χ3v) is 5.49. The van der Waals surface area contributed by atoms with Crippen LogP contribution in [0.1, 0.15) is 56.3 Å². The first-order chi connectivity index (χ1) is 13.9. The molecule has 0 aliphatic heterocycles. The largest absolute Gasteiger partial charge is 1.00 e. The molecule has 0 saturated carbocycles. The van der Waals surface area contributed by atoms with Gasteiger partial charge in [-0.2, -0.15) is 0 Å². The van der Waals surface area contributed by atoms with E-state index in [0.717, 1.165) is 4.47 Å². The smallest absolute Gasteiger partial charge is 0.245 e. The average Bonchev–Trinajstić information content (AvgIpc) is 3.04. The zero-order valence-electron chi connectivity index (χ0n) is 16.6. The number of carbonyl (C=O) groups excluding carboxylic acids is 3. The first-order valence-corrected chi connectivity index (χ1v) is 10.3. The Balaban J connectivity index is 0.00000256. The molecule has 0 bridgehead atoms. The van der Waals surface area contributed by atoms with Crippen molar-refractivity contribution in [2.24, 2.45) is 5.92 Å². The van der Waals surface area contributed by atoms with Crippen LogP contribution < -0.4 is 21.5 Å². The van der Waals surface area contributed by atoms with Crippen LogP contribution in [0.2, 0.25) is 0 Å². The Morgan fingerprint density at radius 2 is 1.60 bits per heavy atom. The molecule has 1 aromatic heterocycles. The quantitative estimate of drug-likeness (QED) is 0.283. The maximum absolute atomic E-state index is 13.2. The topological polar surface area (TPSA) is 60.0 Å². The van der Waals surface area contributed by atoms with Crippen LogP contribution in [0.4, 0.5) is 0 Å². The third-order valence-electron chi connectivity index (χ3n) is 4.97. The van der Waals surface area contributed by atoms with Gasteiger partial charge in [0.05, 0.1) is 6.54 Å². The van der Waals surface area contributed by atoms with Crippen molar-refractivity contribution in [2.75, 3.05) is 0 Å². The Kier molecular flexibility index (Phi) is 6.53. The summed E-state index contributed by atoms with van der Waals surface area (Å²) in [5, 5.41) is 0. The number of hydrogen-bond donors (Lipinski definition) is 0. The second kappa shape index (κ2) is 8.78. The van der Waals surface area contributed by atoms with Crippen molar-refractivity contribution < 1.29 is 35.9 Å². The predicted octanol–water partition coefficient (Wildman–Crippen LogP) is 0.856. The van der Waals surface area contributed by atoms with Gasteiger partial charge in [0.2, 0.25) is 35.1 Å². The molecule has 0 radical (unpaired) electrons. The zero-order chi connectivity index (χ0) is 20.7. The number of ketones is 3. The Hall–Kier alpha value is -2.38. The zero-order valence-corrected chi connectivity index (χ0v) is 19.7. The molecule has 1 heterocycles. The van der Waals surface area contributed by atoms with E-state index >= 15 is 0 Å². The van der Waals surface area contributed by atoms with Gasteiger partial charge in [-0.25, -0.2) is 9.13 Å². The highest BCUT2D eigenvalue weighted by molar-refractivity contribution is 9.10. The van der Waals surface area contributed by atoms with E-state index in [0.29, 0.717) is 34.6 Å². The summed E-state index contributed by atoms with van der Waals surface area (Å²) in [6.07, 6.45) is 1.73. The standard InChI is InChI=1S/C23H20BrN2O3.BrH/c1-14(2)11-25-13-26(12-19(27)15-7-9-16(24)10-8-15)21-20(25)22(28)17-5-3-4-6-18(17)23(21)29;/h3-10,13-14H,11-12H2,1-2H3;1H/q+1;/p-1. The first-order valence-electron chi connectivity index (χ1n) is 9.46. The van der Waals surface area contributed by atoms with Crippen LogP contribution in [-0.2, 0) is 13.1 Å². The fraction of sp³-hybridized carbons (Fsp3) is 0.217. The molecular weight excluding hydrogens is 512 g/mol. The van der Waals surface area contributed by atoms with E-state index in [9.17, 15) is 14.4 Å². The van der Waals surface area contributed by atoms with Crippen molar-refractivity contribution in [1.82, 2.24) is 4.57 Å². The summed E-state index contributed by atoms with van der Waals surface area (Å²) >= 11 is 3.36. The Morgan fingerprint density at radius 3 is 2.20 bits per heavy atom. The van der Waals surface area contributed by atoms with Crippen molar-refractivity contribution >= 4 is 33.3 Å². The van der Waals surface area contributed by atoms with Gasteiger partial charge in [-0.1, -0.05) is 66.2 Å². The second-order valence-corrected chi connectivity index (χ2v) is 8.54. The Morgan fingerprint density at radius 1 is 1.00 bits per heavy atom. The van der Waals surface area contributed by atoms with Gasteiger partial charge < -0.3 is 17.0 Å². The van der Waals surface area contributed by atoms with Gasteiger partial charge in [-0.3, -0.25) is 14.4 Å². The minimum Gasteiger partial charge on any atom is -1.00 e. The maximum Gasteiger partial charge on any atom is 0.245 e. The number of rotatable bonds is 5. The van der Waals surface area contributed by atoms with Gasteiger partial charge in [0.25, 0.3) is 0 Å². The number of nitrogens with zero attached hydrogens (tertiary/aromatic N) is 2. The van der Waals surface area contributed by atoms with Gasteiger partial charge >= 0.3 is 0 Å². The van der Waals surface area contributed by atoms with Gasteiger partial charge in [0.1, 0.15) is 0 Å². The third kappa shape index (κ3) is 3.96. The lowest BCUT2D eigenvalue weighted by Gasteiger charge is -2.13. The van der Waals surface area contributed by atoms with Gasteiger partial charge in [-0.05, 0) is 18.1 Å². The number of aromatic nitrogens is 2. The Labute approximate surface area is 193 Å². The average molecular weight is 532 g/mol. The highest BCUT2D eigenvalue weighted by atomic mass is 79.9. The molecule has 0 N–H and O–H groups in total. The number of halogens is 2. The van der Waals surface area contributed by atoms with E-state index in [1.54, 1.807) is 47.3 Å². The number of fused-ring (bicyclic) bond motifs is 2. The lowest BCUT2D eigenvalue weighted by atomic mass is 9.89. The molecule has 2 aromatic carbocycles. The molecule has 7 heteroatoms. The lowest BCUT2D eigenvalue weighted by Crippen LogP contribution is -3.00. The fourth-order valence-corrected chi connectivity index (χ4v) is 3.96. The van der Waals surface area contributed by atoms with E-state index in [1.807, 2.05) is 30.5 Å². The molecule has 0 atom stereocenters. The highest BCUT2D eigenvalue weighted by Crippen LogP contribution is 2.26. The van der Waals surface area contributed by atoms with Crippen LogP contribution in [0.3, 0.4) is 0 Å². The van der Waals surface area contributed by atoms with Crippen LogP contribution in [0.5, 0.6) is 0 Å². The molecule has 1 aliphatic carbocycles. The SMILES string of the molecule is CC(C)Cn1c[n+](CC(=O)c2ccc(Br)cc2)c2c1C(=O)c1ccccc1C2=O.[Br-]. The highest BCUT2D eigenvalue weighted by Gasteiger charge is 2.41. The van der Waals surface area contributed by atoms with Crippen molar-refractivity contribution in [1.29, 1.82) is 0 Å². The van der Waals surface area contributed by atoms with Crippen molar-refractivity contribution in [2.45, 2.75) is 26.9 Å². The molecule has 0 amide bonds. The minimum atomic E-state index is -0.221. The van der Waals surface area contributed by atoms with E-state index in [2.05, 4.69) is 15.9 Å². The molecule has 0 saturated heterocycles. The van der Waals surface area contributed by atoms with E-state index in [-0.39, 0.29) is 46.8 Å². The summed E-state index contributed by atoms with van der Waals surface area (Å²) in [6.45, 7) is 4.68. The van der Waals surface area contributed by atoms with Crippen LogP contribution in [0, 0.1) is 5.92 Å². The van der Waals surface area contributed by atoms with Crippen LogP contribution >= 0.6 is 15.9 Å². The molecule has 5 nitrogen and oxygen atoms in total. The lowest BCUT2D eigenvalue weighted by molar-refractivity contribution is -0.684. The fourth-order valence-electron chi connectivity index (χ4n) is 3.70. The van der Waals surface area contributed by atoms with Gasteiger partial charge in [-0.15, -0.1) is 0 Å². The van der Waals surface area contributed by atoms with Crippen molar-refractivity contribution in [3.8, 4) is 0 Å².